The average Bonchev–Trinajstić information content (AvgIpc) is 3.05. The summed E-state index contributed by atoms with van der Waals surface area (Å²) in [5.41, 5.74) is 0. The normalized spacial score (nSPS) is 36.1. The number of hydrogen-bond acceptors (Lipinski definition) is 5. The Hall–Kier alpha value is -0.490. The summed E-state index contributed by atoms with van der Waals surface area (Å²) in [5, 5.41) is 22.1. The zero-order chi connectivity index (χ0) is 12.5. The van der Waals surface area contributed by atoms with E-state index in [1.165, 1.54) is 0 Å². The molecule has 0 bridgehead atoms. The predicted octanol–water partition coefficient (Wildman–Crippen LogP) is 0.812. The first kappa shape index (κ1) is 12.5. The first-order valence-corrected chi connectivity index (χ1v) is 7.52. The molecule has 2 heterocycles. The molecule has 1 aromatic rings. The molecule has 4 nitrogen and oxygen atoms in total. The molecular weight excluding hydrogens is 248 g/mol. The molecule has 1 aliphatic carbocycles. The maximum atomic E-state index is 9.46. The molecule has 2 aliphatic rings. The van der Waals surface area contributed by atoms with Gasteiger partial charge in [0.25, 0.3) is 0 Å². The Morgan fingerprint density at radius 3 is 2.39 bits per heavy atom. The van der Waals surface area contributed by atoms with Crippen LogP contribution in [0.25, 0.3) is 0 Å². The second-order valence-electron chi connectivity index (χ2n) is 5.57. The Morgan fingerprint density at radius 1 is 1.22 bits per heavy atom. The lowest BCUT2D eigenvalue weighted by atomic mass is 9.91. The fourth-order valence-corrected chi connectivity index (χ4v) is 4.41. The van der Waals surface area contributed by atoms with Crippen LogP contribution >= 0.6 is 11.3 Å². The summed E-state index contributed by atoms with van der Waals surface area (Å²) in [7, 11) is 0. The maximum absolute atomic E-state index is 9.46. The van der Waals surface area contributed by atoms with Gasteiger partial charge in [-0.25, -0.2) is 4.98 Å². The van der Waals surface area contributed by atoms with Crippen molar-refractivity contribution in [2.45, 2.75) is 13.0 Å². The van der Waals surface area contributed by atoms with Gasteiger partial charge in [-0.3, -0.25) is 4.90 Å². The van der Waals surface area contributed by atoms with Gasteiger partial charge in [0.15, 0.2) is 0 Å². The van der Waals surface area contributed by atoms with Gasteiger partial charge in [-0.1, -0.05) is 0 Å². The van der Waals surface area contributed by atoms with Gasteiger partial charge in [0, 0.05) is 37.9 Å². The van der Waals surface area contributed by atoms with Crippen LogP contribution in [0, 0.1) is 23.7 Å². The molecule has 100 valence electrons. The van der Waals surface area contributed by atoms with Gasteiger partial charge in [-0.15, -0.1) is 11.3 Å². The first-order valence-electron chi connectivity index (χ1n) is 6.64. The second kappa shape index (κ2) is 5.25. The highest BCUT2D eigenvalue weighted by molar-refractivity contribution is 7.09. The van der Waals surface area contributed by atoms with Crippen molar-refractivity contribution in [1.82, 2.24) is 9.88 Å². The van der Waals surface area contributed by atoms with Crippen molar-refractivity contribution in [3.05, 3.63) is 16.6 Å². The number of aliphatic hydroxyl groups is 2. The number of aromatic nitrogens is 1. The molecule has 18 heavy (non-hydrogen) atoms. The third-order valence-corrected chi connectivity index (χ3v) is 5.38. The highest BCUT2D eigenvalue weighted by atomic mass is 32.1. The van der Waals surface area contributed by atoms with Crippen molar-refractivity contribution in [3.8, 4) is 0 Å². The molecule has 2 N–H and O–H groups in total. The minimum Gasteiger partial charge on any atom is -0.396 e. The lowest BCUT2D eigenvalue weighted by Gasteiger charge is -2.19. The van der Waals surface area contributed by atoms with Gasteiger partial charge >= 0.3 is 0 Å². The third kappa shape index (κ3) is 2.20. The minimum absolute atomic E-state index is 0.267. The molecule has 1 aliphatic heterocycles. The van der Waals surface area contributed by atoms with Crippen LogP contribution in [0.1, 0.15) is 11.4 Å². The number of thiazole rings is 1. The summed E-state index contributed by atoms with van der Waals surface area (Å²) in [6, 6.07) is 0. The molecule has 0 aromatic carbocycles. The lowest BCUT2D eigenvalue weighted by Crippen LogP contribution is -2.25. The number of rotatable bonds is 4. The average molecular weight is 268 g/mol. The third-order valence-electron chi connectivity index (χ3n) is 4.62. The molecule has 1 saturated heterocycles. The number of nitrogens with zero attached hydrogens (tertiary/aromatic N) is 2. The number of fused-ring (bicyclic) bond motifs is 1. The van der Waals surface area contributed by atoms with Gasteiger partial charge in [-0.05, 0) is 30.1 Å². The van der Waals surface area contributed by atoms with Crippen molar-refractivity contribution in [3.63, 3.8) is 0 Å². The zero-order valence-corrected chi connectivity index (χ0v) is 11.2. The first-order chi connectivity index (χ1) is 8.81. The summed E-state index contributed by atoms with van der Waals surface area (Å²) in [6.07, 6.45) is 2.84. The summed E-state index contributed by atoms with van der Waals surface area (Å²) in [6.45, 7) is 3.55. The molecule has 4 atom stereocenters. The topological polar surface area (TPSA) is 56.6 Å². The van der Waals surface area contributed by atoms with Crippen LogP contribution in [0.5, 0.6) is 0 Å². The van der Waals surface area contributed by atoms with E-state index in [0.717, 1.165) is 31.1 Å². The molecule has 5 heteroatoms. The standard InChI is InChI=1S/C13H20N2O2S/c16-7-9-3-10(8-17)12-5-15(4-11(9)12)6-13-14-1-2-18-13/h1-2,9-12,16-17H,3-8H2/t9-,10+,11+,12-. The summed E-state index contributed by atoms with van der Waals surface area (Å²) in [5.74, 6) is 1.89. The molecular formula is C13H20N2O2S. The quantitative estimate of drug-likeness (QED) is 0.848. The molecule has 2 fully saturated rings. The number of hydrogen-bond donors (Lipinski definition) is 2. The SMILES string of the molecule is OC[C@@H]1C[C@H](CO)[C@@H]2CN(Cc3nccs3)C[C@H]12. The Morgan fingerprint density at radius 2 is 1.89 bits per heavy atom. The fraction of sp³-hybridized carbons (Fsp3) is 0.769. The van der Waals surface area contributed by atoms with E-state index in [0.29, 0.717) is 23.7 Å². The summed E-state index contributed by atoms with van der Waals surface area (Å²) >= 11 is 1.70. The van der Waals surface area contributed by atoms with Crippen LogP contribution in [0.3, 0.4) is 0 Å². The minimum atomic E-state index is 0.267. The monoisotopic (exact) mass is 268 g/mol. The molecule has 1 saturated carbocycles. The maximum Gasteiger partial charge on any atom is 0.107 e. The second-order valence-corrected chi connectivity index (χ2v) is 6.55. The predicted molar refractivity (Wildman–Crippen MR) is 70.1 cm³/mol. The molecule has 3 rings (SSSR count). The fourth-order valence-electron chi connectivity index (χ4n) is 3.75. The van der Waals surface area contributed by atoms with Gasteiger partial charge < -0.3 is 10.2 Å². The van der Waals surface area contributed by atoms with Gasteiger partial charge in [-0.2, -0.15) is 0 Å². The van der Waals surface area contributed by atoms with Crippen molar-refractivity contribution < 1.29 is 10.2 Å². The van der Waals surface area contributed by atoms with Gasteiger partial charge in [0.1, 0.15) is 5.01 Å². The number of likely N-dealkylation sites (tertiary alicyclic amines) is 1. The van der Waals surface area contributed by atoms with Crippen LogP contribution in [-0.4, -0.2) is 46.4 Å². The van der Waals surface area contributed by atoms with E-state index in [1.807, 2.05) is 11.6 Å². The van der Waals surface area contributed by atoms with Gasteiger partial charge in [0.2, 0.25) is 0 Å². The highest BCUT2D eigenvalue weighted by Gasteiger charge is 2.47. The van der Waals surface area contributed by atoms with Crippen molar-refractivity contribution in [2.24, 2.45) is 23.7 Å². The van der Waals surface area contributed by atoms with Crippen LogP contribution in [0.15, 0.2) is 11.6 Å². The van der Waals surface area contributed by atoms with Crippen LogP contribution in [0.2, 0.25) is 0 Å². The highest BCUT2D eigenvalue weighted by Crippen LogP contribution is 2.46. The Balaban J connectivity index is 1.66. The van der Waals surface area contributed by atoms with Crippen LogP contribution in [0.4, 0.5) is 0 Å². The molecule has 0 unspecified atom stereocenters. The Bertz CT molecular complexity index is 366. The van der Waals surface area contributed by atoms with Crippen LogP contribution < -0.4 is 0 Å². The van der Waals surface area contributed by atoms with Gasteiger partial charge in [0.05, 0.1) is 6.54 Å². The van der Waals surface area contributed by atoms with E-state index < -0.39 is 0 Å². The smallest absolute Gasteiger partial charge is 0.107 e. The van der Waals surface area contributed by atoms with E-state index in [-0.39, 0.29) is 13.2 Å². The van der Waals surface area contributed by atoms with Crippen molar-refractivity contribution in [2.75, 3.05) is 26.3 Å². The summed E-state index contributed by atoms with van der Waals surface area (Å²) < 4.78 is 0. The Kier molecular flexibility index (Phi) is 3.66. The molecule has 1 aromatic heterocycles. The Labute approximate surface area is 111 Å². The van der Waals surface area contributed by atoms with E-state index in [9.17, 15) is 10.2 Å². The van der Waals surface area contributed by atoms with E-state index in [1.54, 1.807) is 11.3 Å². The largest absolute Gasteiger partial charge is 0.396 e. The zero-order valence-electron chi connectivity index (χ0n) is 10.4. The van der Waals surface area contributed by atoms with Crippen molar-refractivity contribution in [1.29, 1.82) is 0 Å². The van der Waals surface area contributed by atoms with E-state index in [4.69, 9.17) is 0 Å². The van der Waals surface area contributed by atoms with E-state index in [2.05, 4.69) is 9.88 Å². The van der Waals surface area contributed by atoms with Crippen LogP contribution in [-0.2, 0) is 6.54 Å². The van der Waals surface area contributed by atoms with E-state index >= 15 is 0 Å². The van der Waals surface area contributed by atoms with Crippen molar-refractivity contribution >= 4 is 11.3 Å². The lowest BCUT2D eigenvalue weighted by molar-refractivity contribution is 0.167. The molecule has 0 amide bonds. The molecule has 0 radical (unpaired) electrons. The molecule has 0 spiro atoms. The number of aliphatic hydroxyl groups excluding tert-OH is 2. The summed E-state index contributed by atoms with van der Waals surface area (Å²) in [4.78, 5) is 6.76.